The third kappa shape index (κ3) is 34.1. The number of unbranched alkanes of at least 4 members (excludes halogenated alkanes) is 12. The second-order valence-electron chi connectivity index (χ2n) is 11.6. The van der Waals surface area contributed by atoms with Crippen LogP contribution in [0.15, 0.2) is 72.9 Å². The first-order valence-electron chi connectivity index (χ1n) is 18.0. The van der Waals surface area contributed by atoms with Crippen molar-refractivity contribution in [3.05, 3.63) is 72.9 Å². The van der Waals surface area contributed by atoms with Crippen molar-refractivity contribution in [2.45, 2.75) is 155 Å². The molecule has 0 bridgehead atoms. The summed E-state index contributed by atoms with van der Waals surface area (Å²) in [5, 5.41) is 9.50. The van der Waals surface area contributed by atoms with Crippen molar-refractivity contribution >= 4 is 11.9 Å². The van der Waals surface area contributed by atoms with Gasteiger partial charge in [0, 0.05) is 6.42 Å². The Morgan fingerprint density at radius 1 is 0.556 bits per heavy atom. The molecule has 0 aromatic heterocycles. The molecule has 0 heterocycles. The van der Waals surface area contributed by atoms with E-state index in [0.717, 1.165) is 57.8 Å². The Hall–Kier alpha value is -2.66. The fraction of sp³-hybridized carbons (Fsp3) is 0.650. The van der Waals surface area contributed by atoms with Gasteiger partial charge in [-0.2, -0.15) is 0 Å². The summed E-state index contributed by atoms with van der Waals surface area (Å²) >= 11 is 0. The Morgan fingerprint density at radius 2 is 1.02 bits per heavy atom. The molecule has 0 radical (unpaired) electrons. The van der Waals surface area contributed by atoms with E-state index >= 15 is 0 Å². The van der Waals surface area contributed by atoms with Crippen LogP contribution in [0.2, 0.25) is 0 Å². The van der Waals surface area contributed by atoms with Gasteiger partial charge in [0.2, 0.25) is 0 Å². The van der Waals surface area contributed by atoms with Crippen molar-refractivity contribution in [1.82, 2.24) is 0 Å². The fourth-order valence-electron chi connectivity index (χ4n) is 4.56. The van der Waals surface area contributed by atoms with Crippen molar-refractivity contribution in [2.75, 3.05) is 13.2 Å². The zero-order chi connectivity index (χ0) is 32.9. The van der Waals surface area contributed by atoms with E-state index in [1.54, 1.807) is 6.08 Å². The second kappa shape index (κ2) is 35.8. The Balaban J connectivity index is 3.74. The summed E-state index contributed by atoms with van der Waals surface area (Å²) in [5.41, 5.74) is 0. The SMILES string of the molecule is CC/C=C\C/C=C\C/C=C\C/C=C\C/C=C\CC(=O)OC(CO)COC(=O)CCCCCCC/C=C\CCCCCCCCC. The lowest BCUT2D eigenvalue weighted by Gasteiger charge is -2.15. The number of carbonyl (C=O) groups excluding carboxylic acids is 2. The van der Waals surface area contributed by atoms with Gasteiger partial charge in [0.05, 0.1) is 13.0 Å². The highest BCUT2D eigenvalue weighted by Gasteiger charge is 2.15. The molecule has 0 fully saturated rings. The van der Waals surface area contributed by atoms with Crippen molar-refractivity contribution in [3.63, 3.8) is 0 Å². The number of rotatable bonds is 31. The van der Waals surface area contributed by atoms with Crippen LogP contribution in [-0.4, -0.2) is 36.4 Å². The van der Waals surface area contributed by atoms with E-state index in [4.69, 9.17) is 9.47 Å². The van der Waals surface area contributed by atoms with Gasteiger partial charge in [-0.15, -0.1) is 0 Å². The highest BCUT2D eigenvalue weighted by Crippen LogP contribution is 2.11. The zero-order valence-corrected chi connectivity index (χ0v) is 28.8. The summed E-state index contributed by atoms with van der Waals surface area (Å²) in [6, 6.07) is 0. The van der Waals surface area contributed by atoms with Gasteiger partial charge in [0.15, 0.2) is 6.10 Å². The van der Waals surface area contributed by atoms with E-state index < -0.39 is 12.1 Å². The lowest BCUT2D eigenvalue weighted by Crippen LogP contribution is -2.28. The van der Waals surface area contributed by atoms with Crippen LogP contribution in [0.1, 0.15) is 149 Å². The summed E-state index contributed by atoms with van der Waals surface area (Å²) in [4.78, 5) is 24.1. The molecule has 0 saturated heterocycles. The molecule has 1 atom stereocenters. The Kier molecular flexibility index (Phi) is 33.7. The maximum Gasteiger partial charge on any atom is 0.310 e. The molecule has 0 amide bonds. The molecule has 5 nitrogen and oxygen atoms in total. The molecule has 0 aliphatic heterocycles. The summed E-state index contributed by atoms with van der Waals surface area (Å²) in [7, 11) is 0. The number of aliphatic hydroxyl groups is 1. The summed E-state index contributed by atoms with van der Waals surface area (Å²) in [6.07, 6.45) is 46.9. The predicted molar refractivity (Wildman–Crippen MR) is 191 cm³/mol. The average Bonchev–Trinajstić information content (AvgIpc) is 3.04. The largest absolute Gasteiger partial charge is 0.462 e. The first kappa shape index (κ1) is 42.3. The Morgan fingerprint density at radius 3 is 1.53 bits per heavy atom. The van der Waals surface area contributed by atoms with Gasteiger partial charge < -0.3 is 14.6 Å². The highest BCUT2D eigenvalue weighted by atomic mass is 16.6. The van der Waals surface area contributed by atoms with Crippen molar-refractivity contribution in [3.8, 4) is 0 Å². The number of hydrogen-bond donors (Lipinski definition) is 1. The molecule has 5 heteroatoms. The van der Waals surface area contributed by atoms with Crippen LogP contribution >= 0.6 is 0 Å². The molecule has 0 spiro atoms. The molecular formula is C40H66O5. The highest BCUT2D eigenvalue weighted by molar-refractivity contribution is 5.71. The lowest BCUT2D eigenvalue weighted by molar-refractivity contribution is -0.160. The predicted octanol–water partition coefficient (Wildman–Crippen LogP) is 11.0. The van der Waals surface area contributed by atoms with Crippen LogP contribution in [0, 0.1) is 0 Å². The quantitative estimate of drug-likeness (QED) is 0.0471. The molecule has 1 N–H and O–H groups in total. The number of allylic oxidation sites excluding steroid dienone is 11. The summed E-state index contributed by atoms with van der Waals surface area (Å²) in [6.45, 7) is 3.91. The molecule has 1 unspecified atom stereocenters. The van der Waals surface area contributed by atoms with Crippen LogP contribution < -0.4 is 0 Å². The summed E-state index contributed by atoms with van der Waals surface area (Å²) < 4.78 is 10.5. The van der Waals surface area contributed by atoms with E-state index in [2.05, 4.69) is 74.6 Å². The molecule has 0 saturated carbocycles. The van der Waals surface area contributed by atoms with Crippen LogP contribution in [0.4, 0.5) is 0 Å². The van der Waals surface area contributed by atoms with Crippen molar-refractivity contribution in [2.24, 2.45) is 0 Å². The van der Waals surface area contributed by atoms with Crippen LogP contribution in [0.3, 0.4) is 0 Å². The molecule has 0 aliphatic carbocycles. The minimum atomic E-state index is -0.831. The number of hydrogen-bond acceptors (Lipinski definition) is 5. The van der Waals surface area contributed by atoms with E-state index in [1.165, 1.54) is 64.2 Å². The average molecular weight is 627 g/mol. The molecule has 0 aromatic carbocycles. The minimum Gasteiger partial charge on any atom is -0.462 e. The molecule has 0 rings (SSSR count). The number of esters is 2. The maximum absolute atomic E-state index is 12.1. The maximum atomic E-state index is 12.1. The number of aliphatic hydroxyl groups excluding tert-OH is 1. The van der Waals surface area contributed by atoms with E-state index in [0.29, 0.717) is 6.42 Å². The van der Waals surface area contributed by atoms with E-state index in [1.807, 2.05) is 6.08 Å². The van der Waals surface area contributed by atoms with Gasteiger partial charge in [-0.1, -0.05) is 145 Å². The van der Waals surface area contributed by atoms with Gasteiger partial charge in [-0.25, -0.2) is 0 Å². The van der Waals surface area contributed by atoms with E-state index in [-0.39, 0.29) is 25.6 Å². The second-order valence-corrected chi connectivity index (χ2v) is 11.6. The third-order valence-corrected chi connectivity index (χ3v) is 7.27. The van der Waals surface area contributed by atoms with Crippen LogP contribution in [0.5, 0.6) is 0 Å². The number of carbonyl (C=O) groups is 2. The van der Waals surface area contributed by atoms with Crippen LogP contribution in [0.25, 0.3) is 0 Å². The molecule has 0 aliphatic rings. The zero-order valence-electron chi connectivity index (χ0n) is 28.8. The first-order valence-corrected chi connectivity index (χ1v) is 18.0. The Bertz CT molecular complexity index is 849. The molecule has 0 aromatic rings. The molecule has 256 valence electrons. The van der Waals surface area contributed by atoms with Gasteiger partial charge in [-0.3, -0.25) is 9.59 Å². The van der Waals surface area contributed by atoms with Gasteiger partial charge in [0.25, 0.3) is 0 Å². The van der Waals surface area contributed by atoms with Crippen molar-refractivity contribution in [1.29, 1.82) is 0 Å². The van der Waals surface area contributed by atoms with Crippen LogP contribution in [-0.2, 0) is 19.1 Å². The third-order valence-electron chi connectivity index (χ3n) is 7.27. The molecule has 45 heavy (non-hydrogen) atoms. The van der Waals surface area contributed by atoms with Gasteiger partial charge in [-0.05, 0) is 64.2 Å². The number of ether oxygens (including phenoxy) is 2. The minimum absolute atomic E-state index is 0.113. The first-order chi connectivity index (χ1) is 22.1. The fourth-order valence-corrected chi connectivity index (χ4v) is 4.56. The summed E-state index contributed by atoms with van der Waals surface area (Å²) in [5.74, 6) is -0.755. The van der Waals surface area contributed by atoms with Crippen molar-refractivity contribution < 1.29 is 24.2 Å². The standard InChI is InChI=1S/C40H66O5/c1-3-5-7-9-11-13-15-17-19-21-22-24-26-28-30-32-34-39(42)44-37-38(36-41)45-40(43)35-33-31-29-27-25-23-20-18-16-14-12-10-8-6-4-2/h6,8,12,14,18-21,25,27,31,33,38,41H,3-5,7,9-11,13,15-17,22-24,26,28-30,32,34-37H2,1-2H3/b8-6-,14-12-,20-18-,21-19-,27-25-,33-31-. The van der Waals surface area contributed by atoms with Gasteiger partial charge >= 0.3 is 11.9 Å². The molecular weight excluding hydrogens is 560 g/mol. The monoisotopic (exact) mass is 626 g/mol. The van der Waals surface area contributed by atoms with Gasteiger partial charge in [0.1, 0.15) is 6.61 Å². The topological polar surface area (TPSA) is 72.8 Å². The smallest absolute Gasteiger partial charge is 0.310 e. The lowest BCUT2D eigenvalue weighted by atomic mass is 10.1. The van der Waals surface area contributed by atoms with E-state index in [9.17, 15) is 14.7 Å². The Labute approximate surface area is 276 Å². The normalized spacial score (nSPS) is 13.0.